The molecule has 2 aromatic carbocycles. The second kappa shape index (κ2) is 7.14. The van der Waals surface area contributed by atoms with Crippen molar-refractivity contribution in [3.05, 3.63) is 85.6 Å². The SMILES string of the molecule is Cn1c(=O)c2c(-c3ccccc3)n3c(c2n(C)c1=O)[C@@H](c1cc(Cl)ccc1O)OCC3. The summed E-state index contributed by atoms with van der Waals surface area (Å²) in [5.41, 5.74) is 2.44. The topological polar surface area (TPSA) is 78.4 Å². The Labute approximate surface area is 182 Å². The normalized spacial score (nSPS) is 15.9. The second-order valence-electron chi connectivity index (χ2n) is 7.63. The van der Waals surface area contributed by atoms with Gasteiger partial charge >= 0.3 is 5.69 Å². The summed E-state index contributed by atoms with van der Waals surface area (Å²) in [6.07, 6.45) is -0.690. The molecule has 5 rings (SSSR count). The number of benzene rings is 2. The van der Waals surface area contributed by atoms with Crippen molar-refractivity contribution in [3.8, 4) is 17.0 Å². The maximum absolute atomic E-state index is 13.3. The zero-order valence-corrected chi connectivity index (χ0v) is 17.8. The van der Waals surface area contributed by atoms with Gasteiger partial charge in [0.25, 0.3) is 5.56 Å². The molecule has 8 heteroatoms. The molecule has 4 aromatic rings. The highest BCUT2D eigenvalue weighted by Crippen LogP contribution is 2.43. The number of hydrogen-bond donors (Lipinski definition) is 1. The van der Waals surface area contributed by atoms with Gasteiger partial charge in [-0.3, -0.25) is 13.9 Å². The average Bonchev–Trinajstić information content (AvgIpc) is 3.14. The number of hydrogen-bond acceptors (Lipinski definition) is 4. The number of phenolic OH excluding ortho intramolecular Hbond substituents is 1. The Morgan fingerprint density at radius 3 is 2.55 bits per heavy atom. The number of phenols is 1. The summed E-state index contributed by atoms with van der Waals surface area (Å²) in [4.78, 5) is 26.1. The summed E-state index contributed by atoms with van der Waals surface area (Å²) >= 11 is 6.20. The van der Waals surface area contributed by atoms with Gasteiger partial charge in [0, 0.05) is 31.2 Å². The summed E-state index contributed by atoms with van der Waals surface area (Å²) in [6, 6.07) is 14.4. The van der Waals surface area contributed by atoms with Crippen LogP contribution in [0, 0.1) is 0 Å². The number of rotatable bonds is 2. The second-order valence-corrected chi connectivity index (χ2v) is 8.07. The lowest BCUT2D eigenvalue weighted by atomic mass is 10.0. The van der Waals surface area contributed by atoms with Gasteiger partial charge < -0.3 is 14.4 Å². The Balaban J connectivity index is 1.97. The van der Waals surface area contributed by atoms with Crippen molar-refractivity contribution in [2.45, 2.75) is 12.6 Å². The number of ether oxygens (including phenoxy) is 1. The summed E-state index contributed by atoms with van der Waals surface area (Å²) in [5, 5.41) is 11.5. The van der Waals surface area contributed by atoms with E-state index in [0.29, 0.717) is 40.3 Å². The van der Waals surface area contributed by atoms with Crippen molar-refractivity contribution in [3.63, 3.8) is 0 Å². The van der Waals surface area contributed by atoms with Crippen LogP contribution in [-0.2, 0) is 25.4 Å². The number of fused-ring (bicyclic) bond motifs is 3. The lowest BCUT2D eigenvalue weighted by Gasteiger charge is -2.28. The zero-order chi connectivity index (χ0) is 21.9. The molecule has 0 spiro atoms. The predicted molar refractivity (Wildman–Crippen MR) is 119 cm³/mol. The van der Waals surface area contributed by atoms with E-state index in [1.807, 2.05) is 34.9 Å². The zero-order valence-electron chi connectivity index (χ0n) is 17.0. The smallest absolute Gasteiger partial charge is 0.331 e. The molecule has 0 saturated carbocycles. The van der Waals surface area contributed by atoms with Crippen LogP contribution in [0.1, 0.15) is 17.4 Å². The molecule has 31 heavy (non-hydrogen) atoms. The molecule has 0 fully saturated rings. The quantitative estimate of drug-likeness (QED) is 0.522. The molecule has 7 nitrogen and oxygen atoms in total. The van der Waals surface area contributed by atoms with Gasteiger partial charge in [-0.15, -0.1) is 0 Å². The van der Waals surface area contributed by atoms with Gasteiger partial charge in [-0.1, -0.05) is 41.9 Å². The molecule has 0 unspecified atom stereocenters. The van der Waals surface area contributed by atoms with Crippen LogP contribution in [0.15, 0.2) is 58.1 Å². The van der Waals surface area contributed by atoms with Crippen LogP contribution in [0.5, 0.6) is 5.75 Å². The molecule has 0 radical (unpaired) electrons. The van der Waals surface area contributed by atoms with Crippen molar-refractivity contribution >= 4 is 22.5 Å². The standard InChI is InChI=1S/C23H20ClN3O4/c1-25-19-17(22(29)26(2)23(25)30)18(13-6-4-3-5-7-13)27-10-11-31-21(20(19)27)15-12-14(24)8-9-16(15)28/h3-9,12,21,28H,10-11H2,1-2H3/t21-/m1/s1. The monoisotopic (exact) mass is 437 g/mol. The largest absolute Gasteiger partial charge is 0.508 e. The molecule has 1 N–H and O–H groups in total. The summed E-state index contributed by atoms with van der Waals surface area (Å²) in [7, 11) is 3.12. The lowest BCUT2D eigenvalue weighted by molar-refractivity contribution is 0.0464. The fourth-order valence-electron chi connectivity index (χ4n) is 4.45. The van der Waals surface area contributed by atoms with E-state index in [2.05, 4.69) is 0 Å². The number of aromatic hydroxyl groups is 1. The van der Waals surface area contributed by atoms with E-state index < -0.39 is 11.8 Å². The van der Waals surface area contributed by atoms with Gasteiger partial charge in [0.2, 0.25) is 0 Å². The summed E-state index contributed by atoms with van der Waals surface area (Å²) in [5.74, 6) is 0.0345. The van der Waals surface area contributed by atoms with Gasteiger partial charge in [-0.25, -0.2) is 4.79 Å². The van der Waals surface area contributed by atoms with Crippen molar-refractivity contribution < 1.29 is 9.84 Å². The van der Waals surface area contributed by atoms with Crippen LogP contribution < -0.4 is 11.2 Å². The molecular formula is C23H20ClN3O4. The average molecular weight is 438 g/mol. The third kappa shape index (κ3) is 2.85. The first kappa shape index (κ1) is 19.7. The van der Waals surface area contributed by atoms with Gasteiger partial charge in [-0.2, -0.15) is 0 Å². The van der Waals surface area contributed by atoms with E-state index in [0.717, 1.165) is 15.8 Å². The molecule has 1 atom stereocenters. The summed E-state index contributed by atoms with van der Waals surface area (Å²) < 4.78 is 10.7. The first-order chi connectivity index (χ1) is 14.9. The van der Waals surface area contributed by atoms with Crippen molar-refractivity contribution in [1.82, 2.24) is 13.7 Å². The molecule has 1 aliphatic heterocycles. The minimum Gasteiger partial charge on any atom is -0.508 e. The first-order valence-corrected chi connectivity index (χ1v) is 10.3. The molecule has 0 bridgehead atoms. The molecular weight excluding hydrogens is 418 g/mol. The van der Waals surface area contributed by atoms with Crippen molar-refractivity contribution in [2.24, 2.45) is 14.1 Å². The third-order valence-corrected chi connectivity index (χ3v) is 6.11. The molecule has 0 aliphatic carbocycles. The lowest BCUT2D eigenvalue weighted by Crippen LogP contribution is -2.37. The number of halogens is 1. The number of aryl methyl sites for hydroxylation is 1. The van der Waals surface area contributed by atoms with E-state index in [-0.39, 0.29) is 11.3 Å². The summed E-state index contributed by atoms with van der Waals surface area (Å²) in [6.45, 7) is 0.877. The number of nitrogens with zero attached hydrogens (tertiary/aromatic N) is 3. The Bertz CT molecular complexity index is 1450. The Morgan fingerprint density at radius 2 is 1.81 bits per heavy atom. The molecule has 0 amide bonds. The fourth-order valence-corrected chi connectivity index (χ4v) is 4.63. The minimum absolute atomic E-state index is 0.0345. The van der Waals surface area contributed by atoms with E-state index in [1.165, 1.54) is 17.7 Å². The predicted octanol–water partition coefficient (Wildman–Crippen LogP) is 3.18. The fraction of sp³-hybridized carbons (Fsp3) is 0.217. The maximum atomic E-state index is 13.3. The maximum Gasteiger partial charge on any atom is 0.331 e. The van der Waals surface area contributed by atoms with Crippen LogP contribution in [-0.4, -0.2) is 25.4 Å². The van der Waals surface area contributed by atoms with Crippen LogP contribution in [0.3, 0.4) is 0 Å². The van der Waals surface area contributed by atoms with Gasteiger partial charge in [0.1, 0.15) is 11.9 Å². The van der Waals surface area contributed by atoms with Crippen LogP contribution in [0.2, 0.25) is 5.02 Å². The molecule has 158 valence electrons. The molecule has 0 saturated heterocycles. The Kier molecular flexibility index (Phi) is 4.53. The Hall–Kier alpha value is -3.29. The highest BCUT2D eigenvalue weighted by molar-refractivity contribution is 6.30. The van der Waals surface area contributed by atoms with E-state index in [4.69, 9.17) is 16.3 Å². The van der Waals surface area contributed by atoms with Gasteiger partial charge in [-0.05, 0) is 23.8 Å². The molecule has 1 aliphatic rings. The minimum atomic E-state index is -0.690. The first-order valence-electron chi connectivity index (χ1n) is 9.87. The Morgan fingerprint density at radius 1 is 1.06 bits per heavy atom. The van der Waals surface area contributed by atoms with E-state index in [9.17, 15) is 14.7 Å². The third-order valence-electron chi connectivity index (χ3n) is 5.87. The van der Waals surface area contributed by atoms with Crippen LogP contribution in [0.25, 0.3) is 22.2 Å². The van der Waals surface area contributed by atoms with E-state index in [1.54, 1.807) is 19.2 Å². The number of aromatic nitrogens is 3. The molecule has 2 aromatic heterocycles. The molecule has 3 heterocycles. The van der Waals surface area contributed by atoms with Crippen LogP contribution >= 0.6 is 11.6 Å². The van der Waals surface area contributed by atoms with Crippen LogP contribution in [0.4, 0.5) is 0 Å². The van der Waals surface area contributed by atoms with E-state index >= 15 is 0 Å². The van der Waals surface area contributed by atoms with Gasteiger partial charge in [0.05, 0.1) is 28.9 Å². The van der Waals surface area contributed by atoms with Gasteiger partial charge in [0.15, 0.2) is 0 Å². The highest BCUT2D eigenvalue weighted by atomic mass is 35.5. The highest BCUT2D eigenvalue weighted by Gasteiger charge is 2.34. The van der Waals surface area contributed by atoms with Crippen molar-refractivity contribution in [2.75, 3.05) is 6.61 Å². The van der Waals surface area contributed by atoms with Crippen molar-refractivity contribution in [1.29, 1.82) is 0 Å².